The molecule has 13 heteroatoms. The summed E-state index contributed by atoms with van der Waals surface area (Å²) in [5, 5.41) is 0. The molecule has 29 heavy (non-hydrogen) atoms. The second-order valence-corrected chi connectivity index (χ2v) is 8.09. The number of rotatable bonds is 3. The third kappa shape index (κ3) is 3.66. The van der Waals surface area contributed by atoms with E-state index in [1.165, 1.54) is 0 Å². The van der Waals surface area contributed by atoms with Crippen molar-refractivity contribution in [3.8, 4) is 11.4 Å². The molecular formula is C16H10F7N3O2S. The predicted octanol–water partition coefficient (Wildman–Crippen LogP) is 4.66. The maximum Gasteiger partial charge on any atom is 0.417 e. The highest BCUT2D eigenvalue weighted by molar-refractivity contribution is 7.91. The number of halogens is 7. The van der Waals surface area contributed by atoms with E-state index in [-0.39, 0.29) is 10.3 Å². The molecule has 0 atom stereocenters. The number of aromatic nitrogens is 3. The summed E-state index contributed by atoms with van der Waals surface area (Å²) >= 11 is 0. The van der Waals surface area contributed by atoms with Crippen molar-refractivity contribution in [2.45, 2.75) is 24.2 Å². The van der Waals surface area contributed by atoms with Crippen molar-refractivity contribution in [3.05, 3.63) is 41.7 Å². The monoisotopic (exact) mass is 441 g/mol. The molecule has 0 saturated carbocycles. The van der Waals surface area contributed by atoms with Gasteiger partial charge in [-0.3, -0.25) is 9.97 Å². The van der Waals surface area contributed by atoms with E-state index in [1.54, 1.807) is 0 Å². The van der Waals surface area contributed by atoms with E-state index in [1.807, 2.05) is 0 Å². The van der Waals surface area contributed by atoms with Gasteiger partial charge in [0.25, 0.3) is 0 Å². The van der Waals surface area contributed by atoms with Gasteiger partial charge in [0, 0.05) is 12.4 Å². The summed E-state index contributed by atoms with van der Waals surface area (Å²) in [4.78, 5) is 5.41. The second kappa shape index (κ2) is 6.68. The van der Waals surface area contributed by atoms with Crippen LogP contribution < -0.4 is 0 Å². The van der Waals surface area contributed by atoms with Crippen molar-refractivity contribution in [1.82, 2.24) is 14.8 Å². The van der Waals surface area contributed by atoms with E-state index in [2.05, 4.69) is 9.97 Å². The van der Waals surface area contributed by atoms with E-state index in [0.29, 0.717) is 24.5 Å². The first kappa shape index (κ1) is 21.0. The highest BCUT2D eigenvalue weighted by Gasteiger charge is 2.40. The molecule has 156 valence electrons. The molecule has 0 unspecified atom stereocenters. The van der Waals surface area contributed by atoms with E-state index < -0.39 is 60.9 Å². The Morgan fingerprint density at radius 3 is 2.24 bits per heavy atom. The lowest BCUT2D eigenvalue weighted by molar-refractivity contribution is -0.140. The average Bonchev–Trinajstić information content (AvgIpc) is 2.96. The predicted molar refractivity (Wildman–Crippen MR) is 87.2 cm³/mol. The minimum atomic E-state index is -5.09. The van der Waals surface area contributed by atoms with Gasteiger partial charge >= 0.3 is 12.4 Å². The Kier molecular flexibility index (Phi) is 4.84. The summed E-state index contributed by atoms with van der Waals surface area (Å²) in [5.74, 6) is -0.738. The molecule has 0 amide bonds. The zero-order valence-electron chi connectivity index (χ0n) is 14.3. The van der Waals surface area contributed by atoms with Crippen LogP contribution in [0, 0.1) is 0 Å². The minimum absolute atomic E-state index is 0.324. The van der Waals surface area contributed by atoms with Gasteiger partial charge in [-0.15, -0.1) is 0 Å². The number of nitrogens with zero attached hydrogens (tertiary/aromatic N) is 3. The van der Waals surface area contributed by atoms with Crippen molar-refractivity contribution in [2.75, 3.05) is 5.75 Å². The molecule has 0 bridgehead atoms. The molecule has 3 aromatic heterocycles. The minimum Gasteiger partial charge on any atom is -0.254 e. The van der Waals surface area contributed by atoms with E-state index in [4.69, 9.17) is 0 Å². The summed E-state index contributed by atoms with van der Waals surface area (Å²) in [6.07, 6.45) is -8.87. The van der Waals surface area contributed by atoms with Gasteiger partial charge in [-0.05, 0) is 18.2 Å². The standard InChI is InChI=1S/C16H10F7N3O2S/c1-2-29(27,28)14-9(16(20,21)22)3-4-24-13(14)12-6-10-11(26(12)23)5-8(7-25-10)15(17,18)19/h3-7H,2H2,1H3. The molecule has 0 radical (unpaired) electrons. The SMILES string of the molecule is CCS(=O)(=O)c1c(C(F)(F)F)ccnc1-c1cc2ncc(C(F)(F)F)cc2n1F. The second-order valence-electron chi connectivity index (χ2n) is 5.87. The number of fused-ring (bicyclic) bond motifs is 1. The van der Waals surface area contributed by atoms with E-state index in [9.17, 15) is 39.2 Å². The fraction of sp³-hybridized carbons (Fsp3) is 0.250. The molecule has 5 nitrogen and oxygen atoms in total. The smallest absolute Gasteiger partial charge is 0.254 e. The van der Waals surface area contributed by atoms with E-state index in [0.717, 1.165) is 13.0 Å². The Labute approximate surface area is 158 Å². The fourth-order valence-electron chi connectivity index (χ4n) is 2.68. The molecule has 0 aromatic carbocycles. The molecule has 0 N–H and O–H groups in total. The van der Waals surface area contributed by atoms with Crippen LogP contribution in [0.5, 0.6) is 0 Å². The van der Waals surface area contributed by atoms with Crippen molar-refractivity contribution in [2.24, 2.45) is 0 Å². The molecule has 3 heterocycles. The molecule has 0 aliphatic heterocycles. The Bertz CT molecular complexity index is 1200. The van der Waals surface area contributed by atoms with Gasteiger partial charge in [0.05, 0.1) is 22.4 Å². The Hall–Kier alpha value is -2.70. The average molecular weight is 441 g/mol. The number of sulfone groups is 1. The summed E-state index contributed by atoms with van der Waals surface area (Å²) in [7, 11) is -4.54. The molecule has 0 spiro atoms. The van der Waals surface area contributed by atoms with Crippen molar-refractivity contribution in [3.63, 3.8) is 0 Å². The fourth-order valence-corrected chi connectivity index (χ4v) is 3.94. The lowest BCUT2D eigenvalue weighted by atomic mass is 10.2. The zero-order valence-corrected chi connectivity index (χ0v) is 15.1. The van der Waals surface area contributed by atoms with Gasteiger partial charge in [-0.1, -0.05) is 11.4 Å². The molecule has 0 fully saturated rings. The summed E-state index contributed by atoms with van der Waals surface area (Å²) < 4.78 is 118. The maximum atomic E-state index is 14.8. The van der Waals surface area contributed by atoms with Gasteiger partial charge in [-0.2, -0.15) is 31.1 Å². The summed E-state index contributed by atoms with van der Waals surface area (Å²) in [5.41, 5.74) is -5.52. The highest BCUT2D eigenvalue weighted by Crippen LogP contribution is 2.40. The largest absolute Gasteiger partial charge is 0.417 e. The van der Waals surface area contributed by atoms with Crippen molar-refractivity contribution < 1.29 is 39.2 Å². The van der Waals surface area contributed by atoms with Gasteiger partial charge in [0.1, 0.15) is 21.8 Å². The van der Waals surface area contributed by atoms with Crippen LogP contribution in [0.4, 0.5) is 30.8 Å². The van der Waals surface area contributed by atoms with Crippen molar-refractivity contribution >= 4 is 20.9 Å². The highest BCUT2D eigenvalue weighted by atomic mass is 32.2. The van der Waals surface area contributed by atoms with Gasteiger partial charge in [0.2, 0.25) is 0 Å². The van der Waals surface area contributed by atoms with Crippen molar-refractivity contribution in [1.29, 1.82) is 0 Å². The van der Waals surface area contributed by atoms with Gasteiger partial charge < -0.3 is 0 Å². The van der Waals surface area contributed by atoms with Crippen LogP contribution in [0.1, 0.15) is 18.1 Å². The number of hydrogen-bond donors (Lipinski definition) is 0. The van der Waals surface area contributed by atoms with Crippen LogP contribution in [-0.2, 0) is 22.2 Å². The molecular weight excluding hydrogens is 431 g/mol. The van der Waals surface area contributed by atoms with Gasteiger partial charge in [-0.25, -0.2) is 8.42 Å². The molecule has 3 rings (SSSR count). The zero-order chi connectivity index (χ0) is 21.8. The van der Waals surface area contributed by atoms with E-state index >= 15 is 0 Å². The number of alkyl halides is 6. The first-order valence-corrected chi connectivity index (χ1v) is 9.46. The maximum absolute atomic E-state index is 14.8. The Morgan fingerprint density at radius 1 is 1.03 bits per heavy atom. The molecule has 0 aliphatic rings. The molecule has 0 saturated heterocycles. The first-order chi connectivity index (χ1) is 13.3. The van der Waals surface area contributed by atoms with Crippen LogP contribution >= 0.6 is 0 Å². The number of pyridine rings is 2. The summed E-state index contributed by atoms with van der Waals surface area (Å²) in [6, 6.07) is 1.66. The third-order valence-corrected chi connectivity index (χ3v) is 5.86. The van der Waals surface area contributed by atoms with Crippen LogP contribution in [0.2, 0.25) is 0 Å². The quantitative estimate of drug-likeness (QED) is 0.555. The van der Waals surface area contributed by atoms with Crippen LogP contribution in [-0.4, -0.2) is 28.9 Å². The Morgan fingerprint density at radius 2 is 1.69 bits per heavy atom. The third-order valence-electron chi connectivity index (χ3n) is 4.06. The van der Waals surface area contributed by atoms with Gasteiger partial charge in [0.15, 0.2) is 9.84 Å². The normalized spacial score (nSPS) is 13.2. The van der Waals surface area contributed by atoms with Crippen LogP contribution in [0.25, 0.3) is 22.4 Å². The topological polar surface area (TPSA) is 64.8 Å². The number of hydrogen-bond acceptors (Lipinski definition) is 4. The molecule has 3 aromatic rings. The Balaban J connectivity index is 2.37. The van der Waals surface area contributed by atoms with Crippen LogP contribution in [0.15, 0.2) is 35.5 Å². The lowest BCUT2D eigenvalue weighted by Crippen LogP contribution is -2.17. The lowest BCUT2D eigenvalue weighted by Gasteiger charge is -2.15. The summed E-state index contributed by atoms with van der Waals surface area (Å²) in [6.45, 7) is 1.09. The van der Waals surface area contributed by atoms with Crippen LogP contribution in [0.3, 0.4) is 0 Å². The molecule has 0 aliphatic carbocycles. The first-order valence-electron chi connectivity index (χ1n) is 7.81.